The highest BCUT2D eigenvalue weighted by atomic mass is 16.3. The molecule has 0 rings (SSSR count). The minimum absolute atomic E-state index is 0.0515. The predicted molar refractivity (Wildman–Crippen MR) is 66.4 cm³/mol. The van der Waals surface area contributed by atoms with Crippen LogP contribution < -0.4 is 5.32 Å². The van der Waals surface area contributed by atoms with E-state index in [4.69, 9.17) is 5.11 Å². The lowest BCUT2D eigenvalue weighted by atomic mass is 10.1. The summed E-state index contributed by atoms with van der Waals surface area (Å²) in [5.74, 6) is 0.685. The van der Waals surface area contributed by atoms with Crippen LogP contribution in [0.1, 0.15) is 40.0 Å². The number of hydrogen-bond donors (Lipinski definition) is 2. The number of amides is 2. The van der Waals surface area contributed by atoms with Gasteiger partial charge in [-0.25, -0.2) is 4.79 Å². The zero-order chi connectivity index (χ0) is 12.6. The van der Waals surface area contributed by atoms with Crippen molar-refractivity contribution >= 4 is 6.03 Å². The van der Waals surface area contributed by atoms with E-state index >= 15 is 0 Å². The third-order valence-electron chi connectivity index (χ3n) is 2.46. The Labute approximate surface area is 99.0 Å². The fourth-order valence-corrected chi connectivity index (χ4v) is 1.32. The van der Waals surface area contributed by atoms with Crippen LogP contribution >= 0.6 is 0 Å². The molecule has 0 saturated carbocycles. The van der Waals surface area contributed by atoms with Crippen molar-refractivity contribution in [1.82, 2.24) is 10.2 Å². The maximum Gasteiger partial charge on any atom is 0.317 e. The van der Waals surface area contributed by atoms with Crippen LogP contribution in [0.5, 0.6) is 0 Å². The molecule has 0 heterocycles. The number of aliphatic hydroxyl groups excluding tert-OH is 1. The second-order valence-corrected chi connectivity index (χ2v) is 4.83. The molecule has 96 valence electrons. The van der Waals surface area contributed by atoms with Crippen LogP contribution in [0.25, 0.3) is 0 Å². The van der Waals surface area contributed by atoms with Gasteiger partial charge in [0.1, 0.15) is 0 Å². The van der Waals surface area contributed by atoms with Crippen molar-refractivity contribution in [3.05, 3.63) is 0 Å². The molecule has 0 saturated heterocycles. The minimum atomic E-state index is -0.351. The average molecular weight is 230 g/mol. The Morgan fingerprint density at radius 2 is 1.94 bits per heavy atom. The molecule has 16 heavy (non-hydrogen) atoms. The molecule has 0 aromatic carbocycles. The first-order valence-corrected chi connectivity index (χ1v) is 6.10. The summed E-state index contributed by atoms with van der Waals surface area (Å²) in [5.41, 5.74) is 0. The Bertz CT molecular complexity index is 193. The van der Waals surface area contributed by atoms with Crippen molar-refractivity contribution < 1.29 is 9.90 Å². The first-order chi connectivity index (χ1) is 7.43. The molecule has 0 fully saturated rings. The number of hydrogen-bond acceptors (Lipinski definition) is 2. The first-order valence-electron chi connectivity index (χ1n) is 6.10. The van der Waals surface area contributed by atoms with Gasteiger partial charge in [-0.15, -0.1) is 0 Å². The number of aliphatic hydroxyl groups is 1. The van der Waals surface area contributed by atoms with Gasteiger partial charge < -0.3 is 15.3 Å². The highest BCUT2D eigenvalue weighted by molar-refractivity contribution is 5.73. The molecule has 0 spiro atoms. The molecule has 4 heteroatoms. The van der Waals surface area contributed by atoms with E-state index in [-0.39, 0.29) is 12.1 Å². The Balaban J connectivity index is 3.55. The molecule has 0 aliphatic carbocycles. The summed E-state index contributed by atoms with van der Waals surface area (Å²) in [6.07, 6.45) is 2.43. The van der Waals surface area contributed by atoms with Gasteiger partial charge in [-0.2, -0.15) is 0 Å². The van der Waals surface area contributed by atoms with Crippen molar-refractivity contribution in [3.63, 3.8) is 0 Å². The molecule has 0 bridgehead atoms. The van der Waals surface area contributed by atoms with E-state index in [1.54, 1.807) is 18.9 Å². The van der Waals surface area contributed by atoms with Gasteiger partial charge in [-0.1, -0.05) is 13.8 Å². The molecular weight excluding hydrogens is 204 g/mol. The Hall–Kier alpha value is -0.770. The van der Waals surface area contributed by atoms with Crippen molar-refractivity contribution in [1.29, 1.82) is 0 Å². The van der Waals surface area contributed by atoms with E-state index in [9.17, 15) is 4.79 Å². The number of nitrogens with one attached hydrogen (secondary N) is 1. The van der Waals surface area contributed by atoms with Gasteiger partial charge in [0.15, 0.2) is 0 Å². The van der Waals surface area contributed by atoms with Gasteiger partial charge in [0, 0.05) is 20.1 Å². The van der Waals surface area contributed by atoms with Gasteiger partial charge in [-0.3, -0.25) is 0 Å². The van der Waals surface area contributed by atoms with Crippen LogP contribution in [0.2, 0.25) is 0 Å². The molecule has 2 N–H and O–H groups in total. The van der Waals surface area contributed by atoms with E-state index in [0.717, 1.165) is 19.4 Å². The topological polar surface area (TPSA) is 52.6 Å². The number of carbonyl (C=O) groups is 1. The van der Waals surface area contributed by atoms with Crippen molar-refractivity contribution in [2.24, 2.45) is 5.92 Å². The fraction of sp³-hybridized carbons (Fsp3) is 0.917. The number of carbonyl (C=O) groups excluding carboxylic acids is 1. The summed E-state index contributed by atoms with van der Waals surface area (Å²) in [7, 11) is 1.75. The molecule has 1 atom stereocenters. The molecule has 0 aliphatic heterocycles. The predicted octanol–water partition coefficient (Wildman–Crippen LogP) is 1.83. The van der Waals surface area contributed by atoms with Crippen molar-refractivity contribution in [2.75, 3.05) is 20.1 Å². The third kappa shape index (κ3) is 8.53. The fourth-order valence-electron chi connectivity index (χ4n) is 1.32. The average Bonchev–Trinajstić information content (AvgIpc) is 2.20. The number of rotatable bonds is 7. The highest BCUT2D eigenvalue weighted by Gasteiger charge is 2.08. The molecular formula is C12H26N2O2. The number of urea groups is 1. The second-order valence-electron chi connectivity index (χ2n) is 4.83. The van der Waals surface area contributed by atoms with Gasteiger partial charge >= 0.3 is 6.03 Å². The van der Waals surface area contributed by atoms with Crippen LogP contribution in [0.15, 0.2) is 0 Å². The van der Waals surface area contributed by atoms with E-state index < -0.39 is 0 Å². The first kappa shape index (κ1) is 15.2. The molecule has 0 aromatic rings. The lowest BCUT2D eigenvalue weighted by molar-refractivity contribution is 0.163. The molecule has 0 aliphatic rings. The normalized spacial score (nSPS) is 12.6. The van der Waals surface area contributed by atoms with Gasteiger partial charge in [0.2, 0.25) is 0 Å². The lowest BCUT2D eigenvalue weighted by Crippen LogP contribution is -2.38. The zero-order valence-electron chi connectivity index (χ0n) is 11.0. The number of nitrogens with zero attached hydrogens (tertiary/aromatic N) is 1. The van der Waals surface area contributed by atoms with E-state index in [1.807, 2.05) is 0 Å². The van der Waals surface area contributed by atoms with Crippen LogP contribution in [-0.4, -0.2) is 42.3 Å². The van der Waals surface area contributed by atoms with E-state index in [1.165, 1.54) is 0 Å². The van der Waals surface area contributed by atoms with Crippen molar-refractivity contribution in [3.8, 4) is 0 Å². The monoisotopic (exact) mass is 230 g/mol. The summed E-state index contributed by atoms with van der Waals surface area (Å²) in [6, 6.07) is -0.0515. The minimum Gasteiger partial charge on any atom is -0.393 e. The van der Waals surface area contributed by atoms with Gasteiger partial charge in [0.25, 0.3) is 0 Å². The molecule has 0 aromatic heterocycles. The van der Waals surface area contributed by atoms with Crippen LogP contribution in [0, 0.1) is 5.92 Å². The van der Waals surface area contributed by atoms with Gasteiger partial charge in [-0.05, 0) is 32.1 Å². The van der Waals surface area contributed by atoms with Crippen molar-refractivity contribution in [2.45, 2.75) is 46.1 Å². The quantitative estimate of drug-likeness (QED) is 0.656. The molecule has 4 nitrogen and oxygen atoms in total. The van der Waals surface area contributed by atoms with Crippen LogP contribution in [-0.2, 0) is 0 Å². The zero-order valence-corrected chi connectivity index (χ0v) is 11.0. The molecule has 1 unspecified atom stereocenters. The second kappa shape index (κ2) is 8.39. The summed E-state index contributed by atoms with van der Waals surface area (Å²) in [6.45, 7) is 7.41. The van der Waals surface area contributed by atoms with E-state index in [2.05, 4.69) is 19.2 Å². The van der Waals surface area contributed by atoms with Gasteiger partial charge in [0.05, 0.1) is 6.10 Å². The van der Waals surface area contributed by atoms with E-state index in [0.29, 0.717) is 18.9 Å². The van der Waals surface area contributed by atoms with Crippen LogP contribution in [0.3, 0.4) is 0 Å². The standard InChI is InChI=1S/C12H26N2O2/c1-10(2)6-5-8-13-12(16)14(4)9-7-11(3)15/h10-11,15H,5-9H2,1-4H3,(H,13,16). The Morgan fingerprint density at radius 1 is 1.31 bits per heavy atom. The summed E-state index contributed by atoms with van der Waals surface area (Å²) < 4.78 is 0. The Kier molecular flexibility index (Phi) is 7.99. The third-order valence-corrected chi connectivity index (χ3v) is 2.46. The smallest absolute Gasteiger partial charge is 0.317 e. The molecule has 0 radical (unpaired) electrons. The SMILES string of the molecule is CC(C)CCCNC(=O)N(C)CCC(C)O. The highest BCUT2D eigenvalue weighted by Crippen LogP contribution is 2.02. The van der Waals surface area contributed by atoms with Crippen LogP contribution in [0.4, 0.5) is 4.79 Å². The maximum absolute atomic E-state index is 11.5. The summed E-state index contributed by atoms with van der Waals surface area (Å²) in [5, 5.41) is 12.0. The molecule has 2 amide bonds. The summed E-state index contributed by atoms with van der Waals surface area (Å²) >= 11 is 0. The Morgan fingerprint density at radius 3 is 2.44 bits per heavy atom. The largest absolute Gasteiger partial charge is 0.393 e. The lowest BCUT2D eigenvalue weighted by Gasteiger charge is -2.18. The maximum atomic E-state index is 11.5. The summed E-state index contributed by atoms with van der Waals surface area (Å²) in [4.78, 5) is 13.1.